The molecular formula is C30H30N4O6. The number of hydrogen-bond donors (Lipinski definition) is 4. The first-order valence-corrected chi connectivity index (χ1v) is 12.7. The summed E-state index contributed by atoms with van der Waals surface area (Å²) in [7, 11) is 0. The average molecular weight is 543 g/mol. The number of anilines is 1. The molecule has 5 N–H and O–H groups in total. The van der Waals surface area contributed by atoms with Gasteiger partial charge in [-0.2, -0.15) is 0 Å². The van der Waals surface area contributed by atoms with Crippen molar-refractivity contribution in [1.82, 2.24) is 4.98 Å². The van der Waals surface area contributed by atoms with Gasteiger partial charge < -0.3 is 30.6 Å². The van der Waals surface area contributed by atoms with Crippen LogP contribution in [0.4, 0.5) is 11.4 Å². The predicted molar refractivity (Wildman–Crippen MR) is 153 cm³/mol. The number of aromatic carboxylic acids is 1. The quantitative estimate of drug-likeness (QED) is 0.177. The molecule has 0 aliphatic carbocycles. The van der Waals surface area contributed by atoms with Crippen LogP contribution < -0.4 is 10.6 Å². The third-order valence-corrected chi connectivity index (χ3v) is 6.24. The van der Waals surface area contributed by atoms with Gasteiger partial charge in [-0.1, -0.05) is 30.3 Å². The minimum Gasteiger partial charge on any atom is -0.505 e. The highest BCUT2D eigenvalue weighted by Gasteiger charge is 2.24. The Hall–Kier alpha value is -4.96. The van der Waals surface area contributed by atoms with Crippen LogP contribution in [0.2, 0.25) is 0 Å². The van der Waals surface area contributed by atoms with Crippen molar-refractivity contribution in [1.29, 1.82) is 0 Å². The third kappa shape index (κ3) is 5.57. The number of nitrogens with zero attached hydrogens (tertiary/aromatic N) is 2. The van der Waals surface area contributed by atoms with Gasteiger partial charge in [0.1, 0.15) is 5.69 Å². The van der Waals surface area contributed by atoms with Crippen LogP contribution in [-0.2, 0) is 9.53 Å². The number of hydrogen-bond acceptors (Lipinski definition) is 7. The lowest BCUT2D eigenvalue weighted by atomic mass is 10.1. The molecule has 40 heavy (non-hydrogen) atoms. The van der Waals surface area contributed by atoms with Gasteiger partial charge in [0.25, 0.3) is 0 Å². The number of carbonyl (C=O) groups excluding carboxylic acids is 2. The molecule has 4 aromatic rings. The average Bonchev–Trinajstić information content (AvgIpc) is 3.27. The Morgan fingerprint density at radius 2 is 1.75 bits per heavy atom. The Morgan fingerprint density at radius 1 is 1.02 bits per heavy atom. The van der Waals surface area contributed by atoms with Crippen LogP contribution in [0.5, 0.6) is 5.75 Å². The molecule has 1 heterocycles. The Kier molecular flexibility index (Phi) is 8.30. The standard InChI is InChI=1S/C30H30N4O6/c1-4-40-30(39)19-10-12-21-23(14-19)33-27(28(21)36)26(18-8-6-5-7-9-18)32-20-11-13-24(22(15-20)29(37)38)34(17(2)3)25(35)16-31/h5-15,17,33,36H,4,16,31H2,1-3H3,(H,37,38). The highest BCUT2D eigenvalue weighted by molar-refractivity contribution is 6.17. The normalized spacial score (nSPS) is 11.6. The molecule has 1 amide bonds. The Bertz CT molecular complexity index is 1610. The number of H-pyrrole nitrogens is 1. The van der Waals surface area contributed by atoms with Crippen LogP contribution in [0.25, 0.3) is 10.9 Å². The molecule has 3 aromatic carbocycles. The number of aromatic amines is 1. The third-order valence-electron chi connectivity index (χ3n) is 6.24. The molecule has 0 unspecified atom stereocenters. The first-order valence-electron chi connectivity index (χ1n) is 12.7. The first-order chi connectivity index (χ1) is 19.2. The smallest absolute Gasteiger partial charge is 0.338 e. The number of esters is 1. The molecule has 0 saturated heterocycles. The molecule has 0 saturated carbocycles. The van der Waals surface area contributed by atoms with Crippen LogP contribution in [0.3, 0.4) is 0 Å². The van der Waals surface area contributed by atoms with Gasteiger partial charge in [0.2, 0.25) is 5.91 Å². The zero-order valence-electron chi connectivity index (χ0n) is 22.3. The molecule has 10 heteroatoms. The Morgan fingerprint density at radius 3 is 2.38 bits per heavy atom. The summed E-state index contributed by atoms with van der Waals surface area (Å²) in [6.45, 7) is 5.22. The fraction of sp³-hybridized carbons (Fsp3) is 0.200. The van der Waals surface area contributed by atoms with Crippen molar-refractivity contribution >= 4 is 45.8 Å². The van der Waals surface area contributed by atoms with E-state index < -0.39 is 17.8 Å². The van der Waals surface area contributed by atoms with Crippen molar-refractivity contribution in [2.75, 3.05) is 18.1 Å². The molecule has 0 spiro atoms. The molecule has 0 bridgehead atoms. The van der Waals surface area contributed by atoms with Gasteiger partial charge in [0.15, 0.2) is 5.75 Å². The number of benzene rings is 3. The Labute approximate surface area is 230 Å². The maximum atomic E-state index is 12.5. The van der Waals surface area contributed by atoms with Crippen molar-refractivity contribution in [3.63, 3.8) is 0 Å². The number of fused-ring (bicyclic) bond motifs is 1. The van der Waals surface area contributed by atoms with Crippen molar-refractivity contribution in [3.05, 3.63) is 89.1 Å². The summed E-state index contributed by atoms with van der Waals surface area (Å²) in [4.78, 5) is 46.2. The van der Waals surface area contributed by atoms with Gasteiger partial charge in [-0.25, -0.2) is 14.6 Å². The molecule has 1 aromatic heterocycles. The van der Waals surface area contributed by atoms with E-state index in [1.54, 1.807) is 57.2 Å². The van der Waals surface area contributed by atoms with Crippen molar-refractivity contribution < 1.29 is 29.3 Å². The van der Waals surface area contributed by atoms with Crippen LogP contribution in [0.15, 0.2) is 71.7 Å². The largest absolute Gasteiger partial charge is 0.505 e. The van der Waals surface area contributed by atoms with Gasteiger partial charge >= 0.3 is 11.9 Å². The van der Waals surface area contributed by atoms with Gasteiger partial charge in [-0.05, 0) is 57.2 Å². The molecular weight excluding hydrogens is 512 g/mol. The molecule has 0 atom stereocenters. The van der Waals surface area contributed by atoms with Gasteiger partial charge in [0.05, 0.1) is 46.9 Å². The maximum absolute atomic E-state index is 12.5. The highest BCUT2D eigenvalue weighted by atomic mass is 16.5. The second-order valence-corrected chi connectivity index (χ2v) is 9.22. The SMILES string of the molecule is CCOC(=O)c1ccc2c(O)c(C(=Nc3ccc(N(C(=O)CN)C(C)C)c(C(=O)O)c3)c3ccccc3)[nH]c2c1. The predicted octanol–water partition coefficient (Wildman–Crippen LogP) is 4.62. The van der Waals surface area contributed by atoms with Gasteiger partial charge in [-0.3, -0.25) is 4.79 Å². The summed E-state index contributed by atoms with van der Waals surface area (Å²) in [5, 5.41) is 21.6. The highest BCUT2D eigenvalue weighted by Crippen LogP contribution is 2.34. The van der Waals surface area contributed by atoms with E-state index in [1.807, 2.05) is 18.2 Å². The summed E-state index contributed by atoms with van der Waals surface area (Å²) in [6, 6.07) is 18.0. The van der Waals surface area contributed by atoms with E-state index in [0.717, 1.165) is 0 Å². The van der Waals surface area contributed by atoms with Crippen LogP contribution >= 0.6 is 0 Å². The number of carbonyl (C=O) groups is 3. The number of nitrogens with two attached hydrogens (primary N) is 1. The molecule has 0 fully saturated rings. The summed E-state index contributed by atoms with van der Waals surface area (Å²) < 4.78 is 5.08. The zero-order valence-corrected chi connectivity index (χ0v) is 22.3. The summed E-state index contributed by atoms with van der Waals surface area (Å²) >= 11 is 0. The number of carboxylic acids is 1. The first kappa shape index (κ1) is 28.1. The number of carboxylic acid groups (broad SMARTS) is 1. The van der Waals surface area contributed by atoms with Crippen LogP contribution in [-0.4, -0.2) is 57.9 Å². The topological polar surface area (TPSA) is 158 Å². The minimum absolute atomic E-state index is 0.0809. The molecule has 4 rings (SSSR count). The van der Waals surface area contributed by atoms with Crippen molar-refractivity contribution in [2.45, 2.75) is 26.8 Å². The molecule has 0 radical (unpaired) electrons. The molecule has 0 aliphatic heterocycles. The zero-order chi connectivity index (χ0) is 29.0. The Balaban J connectivity index is 1.89. The lowest BCUT2D eigenvalue weighted by molar-refractivity contribution is -0.117. The van der Waals surface area contributed by atoms with Gasteiger partial charge in [-0.15, -0.1) is 0 Å². The van der Waals surface area contributed by atoms with E-state index >= 15 is 0 Å². The summed E-state index contributed by atoms with van der Waals surface area (Å²) in [5.41, 5.74) is 8.04. The number of aromatic hydroxyl groups is 1. The van der Waals surface area contributed by atoms with Gasteiger partial charge in [0, 0.05) is 17.0 Å². The number of nitrogens with one attached hydrogen (secondary N) is 1. The lowest BCUT2D eigenvalue weighted by Gasteiger charge is -2.27. The number of aromatic nitrogens is 1. The number of aliphatic imine (C=N–C) groups is 1. The molecule has 10 nitrogen and oxygen atoms in total. The second-order valence-electron chi connectivity index (χ2n) is 9.22. The monoisotopic (exact) mass is 542 g/mol. The minimum atomic E-state index is -1.23. The van der Waals surface area contributed by atoms with Crippen LogP contribution in [0.1, 0.15) is 52.7 Å². The van der Waals surface area contributed by atoms with Crippen LogP contribution in [0, 0.1) is 0 Å². The summed E-state index contributed by atoms with van der Waals surface area (Å²) in [5.74, 6) is -2.21. The number of ether oxygens (including phenoxy) is 1. The number of rotatable bonds is 9. The van der Waals surface area contributed by atoms with Crippen molar-refractivity contribution in [2.24, 2.45) is 10.7 Å². The van der Waals surface area contributed by atoms with E-state index in [9.17, 15) is 24.6 Å². The lowest BCUT2D eigenvalue weighted by Crippen LogP contribution is -2.41. The maximum Gasteiger partial charge on any atom is 0.338 e. The molecule has 206 valence electrons. The van der Waals surface area contributed by atoms with E-state index in [2.05, 4.69) is 4.98 Å². The molecule has 0 aliphatic rings. The fourth-order valence-electron chi connectivity index (χ4n) is 4.46. The summed E-state index contributed by atoms with van der Waals surface area (Å²) in [6.07, 6.45) is 0. The number of amides is 1. The van der Waals surface area contributed by atoms with E-state index in [4.69, 9.17) is 15.5 Å². The fourth-order valence-corrected chi connectivity index (χ4v) is 4.46. The second kappa shape index (κ2) is 11.8. The van der Waals surface area contributed by atoms with E-state index in [0.29, 0.717) is 27.7 Å². The van der Waals surface area contributed by atoms with E-state index in [-0.39, 0.29) is 47.6 Å². The van der Waals surface area contributed by atoms with Crippen molar-refractivity contribution in [3.8, 4) is 5.75 Å². The van der Waals surface area contributed by atoms with E-state index in [1.165, 1.54) is 17.0 Å².